The van der Waals surface area contributed by atoms with Gasteiger partial charge in [0.15, 0.2) is 9.84 Å². The highest BCUT2D eigenvalue weighted by Crippen LogP contribution is 2.34. The number of urea groups is 1. The zero-order chi connectivity index (χ0) is 18.1. The smallest absolute Gasteiger partial charge is 0.323 e. The van der Waals surface area contributed by atoms with Crippen molar-refractivity contribution in [3.05, 3.63) is 0 Å². The highest BCUT2D eigenvalue weighted by Gasteiger charge is 2.51. The molecule has 3 rings (SSSR count). The number of amides is 3. The van der Waals surface area contributed by atoms with Crippen LogP contribution in [0.3, 0.4) is 0 Å². The van der Waals surface area contributed by atoms with Crippen LogP contribution >= 0.6 is 0 Å². The molecule has 0 unspecified atom stereocenters. The van der Waals surface area contributed by atoms with Crippen molar-refractivity contribution in [1.29, 1.82) is 0 Å². The molecule has 1 N–H and O–H groups in total. The Hall–Kier alpha value is -1.15. The van der Waals surface area contributed by atoms with E-state index in [1.807, 2.05) is 4.90 Å². The Morgan fingerprint density at radius 1 is 1.24 bits per heavy atom. The van der Waals surface area contributed by atoms with Crippen LogP contribution in [0.15, 0.2) is 0 Å². The van der Waals surface area contributed by atoms with Crippen LogP contribution in [-0.4, -0.2) is 66.5 Å². The Balaban J connectivity index is 1.72. The van der Waals surface area contributed by atoms with Gasteiger partial charge in [-0.2, -0.15) is 0 Å². The lowest BCUT2D eigenvalue weighted by atomic mass is 9.82. The first-order chi connectivity index (χ1) is 11.9. The van der Waals surface area contributed by atoms with E-state index >= 15 is 0 Å². The number of nitrogens with zero attached hydrogens (tertiary/aromatic N) is 2. The molecule has 1 atom stereocenters. The highest BCUT2D eigenvalue weighted by molar-refractivity contribution is 7.91. The van der Waals surface area contributed by atoms with Crippen LogP contribution in [-0.2, 0) is 14.6 Å². The van der Waals surface area contributed by atoms with E-state index in [0.717, 1.165) is 32.1 Å². The van der Waals surface area contributed by atoms with Crippen LogP contribution < -0.4 is 5.32 Å². The van der Waals surface area contributed by atoms with Gasteiger partial charge < -0.3 is 5.32 Å². The molecule has 25 heavy (non-hydrogen) atoms. The van der Waals surface area contributed by atoms with Crippen LogP contribution in [0.5, 0.6) is 0 Å². The minimum Gasteiger partial charge on any atom is -0.323 e. The molecule has 1 aliphatic carbocycles. The number of imide groups is 1. The van der Waals surface area contributed by atoms with E-state index in [2.05, 4.69) is 12.2 Å². The first-order valence-corrected chi connectivity index (χ1v) is 11.3. The lowest BCUT2D eigenvalue weighted by molar-refractivity contribution is -0.134. The van der Waals surface area contributed by atoms with Gasteiger partial charge in [-0.25, -0.2) is 18.1 Å². The summed E-state index contributed by atoms with van der Waals surface area (Å²) >= 11 is 0. The first-order valence-electron chi connectivity index (χ1n) is 9.45. The molecule has 3 aliphatic rings. The second-order valence-electron chi connectivity index (χ2n) is 7.67. The maximum Gasteiger partial charge on any atom is 0.326 e. The van der Waals surface area contributed by atoms with Crippen molar-refractivity contribution in [2.75, 3.05) is 24.7 Å². The SMILES string of the molecule is CCCCN(CN1C(=O)NC2(CCCCC2)C1=O)[C@@H]1CCS(=O)(=O)C1. The summed E-state index contributed by atoms with van der Waals surface area (Å²) in [5.41, 5.74) is -0.715. The van der Waals surface area contributed by atoms with Crippen LogP contribution in [0.25, 0.3) is 0 Å². The molecule has 2 heterocycles. The molecule has 0 aromatic rings. The summed E-state index contributed by atoms with van der Waals surface area (Å²) in [5.74, 6) is 0.204. The maximum absolute atomic E-state index is 12.9. The first kappa shape index (κ1) is 18.6. The fourth-order valence-corrected chi connectivity index (χ4v) is 6.04. The molecular weight excluding hydrogens is 342 g/mol. The van der Waals surface area contributed by atoms with Gasteiger partial charge in [0.1, 0.15) is 5.54 Å². The van der Waals surface area contributed by atoms with Crippen molar-refractivity contribution in [3.63, 3.8) is 0 Å². The Morgan fingerprint density at radius 2 is 1.96 bits per heavy atom. The molecule has 1 saturated carbocycles. The fourth-order valence-electron chi connectivity index (χ4n) is 4.27. The molecule has 3 amide bonds. The molecule has 2 aliphatic heterocycles. The van der Waals surface area contributed by atoms with Gasteiger partial charge in [-0.05, 0) is 25.7 Å². The van der Waals surface area contributed by atoms with Crippen molar-refractivity contribution >= 4 is 21.8 Å². The molecule has 2 saturated heterocycles. The lowest BCUT2D eigenvalue weighted by Crippen LogP contribution is -2.50. The third-order valence-corrected chi connectivity index (χ3v) is 7.55. The summed E-state index contributed by atoms with van der Waals surface area (Å²) in [6.45, 7) is 2.99. The average Bonchev–Trinajstić information content (AvgIpc) is 3.04. The third-order valence-electron chi connectivity index (χ3n) is 5.80. The zero-order valence-electron chi connectivity index (χ0n) is 15.0. The van der Waals surface area contributed by atoms with E-state index in [-0.39, 0.29) is 36.2 Å². The number of sulfone groups is 1. The Kier molecular flexibility index (Phi) is 5.39. The number of unbranched alkanes of at least 4 members (excludes halogenated alkanes) is 1. The van der Waals surface area contributed by atoms with E-state index in [1.54, 1.807) is 0 Å². The van der Waals surface area contributed by atoms with Gasteiger partial charge in [0.2, 0.25) is 0 Å². The predicted octanol–water partition coefficient (Wildman–Crippen LogP) is 1.49. The molecule has 0 aromatic heterocycles. The number of hydrogen-bond acceptors (Lipinski definition) is 5. The summed E-state index contributed by atoms with van der Waals surface area (Å²) in [4.78, 5) is 28.7. The fraction of sp³-hybridized carbons (Fsp3) is 0.882. The van der Waals surface area contributed by atoms with E-state index in [9.17, 15) is 18.0 Å². The Morgan fingerprint density at radius 3 is 2.56 bits per heavy atom. The minimum atomic E-state index is -3.00. The van der Waals surface area contributed by atoms with Crippen LogP contribution in [0, 0.1) is 0 Å². The number of hydrogen-bond donors (Lipinski definition) is 1. The Labute approximate surface area is 150 Å². The number of rotatable bonds is 6. The van der Waals surface area contributed by atoms with Crippen LogP contribution in [0.1, 0.15) is 58.3 Å². The monoisotopic (exact) mass is 371 g/mol. The largest absolute Gasteiger partial charge is 0.326 e. The van der Waals surface area contributed by atoms with Crippen molar-refractivity contribution in [2.24, 2.45) is 0 Å². The molecular formula is C17H29N3O4S. The molecule has 8 heteroatoms. The second kappa shape index (κ2) is 7.23. The maximum atomic E-state index is 12.9. The predicted molar refractivity (Wildman–Crippen MR) is 94.7 cm³/mol. The highest BCUT2D eigenvalue weighted by atomic mass is 32.2. The summed E-state index contributed by atoms with van der Waals surface area (Å²) in [6.07, 6.45) is 6.93. The molecule has 1 spiro atoms. The van der Waals surface area contributed by atoms with Crippen molar-refractivity contribution in [3.8, 4) is 0 Å². The summed E-state index contributed by atoms with van der Waals surface area (Å²) in [7, 11) is -3.00. The second-order valence-corrected chi connectivity index (χ2v) is 9.90. The topological polar surface area (TPSA) is 86.8 Å². The van der Waals surface area contributed by atoms with Crippen LogP contribution in [0.2, 0.25) is 0 Å². The molecule has 142 valence electrons. The zero-order valence-corrected chi connectivity index (χ0v) is 15.8. The number of carbonyl (C=O) groups excluding carboxylic acids is 2. The minimum absolute atomic E-state index is 0.0972. The van der Waals surface area contributed by atoms with Gasteiger partial charge in [-0.3, -0.25) is 9.69 Å². The van der Waals surface area contributed by atoms with Crippen LogP contribution in [0.4, 0.5) is 4.79 Å². The summed E-state index contributed by atoms with van der Waals surface area (Å²) in [6, 6.07) is -0.422. The van der Waals surface area contributed by atoms with Gasteiger partial charge in [0.25, 0.3) is 5.91 Å². The summed E-state index contributed by atoms with van der Waals surface area (Å²) in [5, 5.41) is 2.93. The number of nitrogens with one attached hydrogen (secondary N) is 1. The lowest BCUT2D eigenvalue weighted by Gasteiger charge is -2.33. The quantitative estimate of drug-likeness (QED) is 0.715. The van der Waals surface area contributed by atoms with Gasteiger partial charge in [-0.1, -0.05) is 32.6 Å². The van der Waals surface area contributed by atoms with Gasteiger partial charge in [0.05, 0.1) is 18.2 Å². The van der Waals surface area contributed by atoms with E-state index < -0.39 is 15.4 Å². The molecule has 3 fully saturated rings. The molecule has 0 radical (unpaired) electrons. The molecule has 0 bridgehead atoms. The molecule has 7 nitrogen and oxygen atoms in total. The van der Waals surface area contributed by atoms with E-state index in [0.29, 0.717) is 25.8 Å². The van der Waals surface area contributed by atoms with Gasteiger partial charge >= 0.3 is 6.03 Å². The normalized spacial score (nSPS) is 28.1. The van der Waals surface area contributed by atoms with Crippen molar-refractivity contribution in [1.82, 2.24) is 15.1 Å². The number of carbonyl (C=O) groups is 2. The average molecular weight is 372 g/mol. The van der Waals surface area contributed by atoms with E-state index in [4.69, 9.17) is 0 Å². The van der Waals surface area contributed by atoms with Crippen molar-refractivity contribution in [2.45, 2.75) is 69.9 Å². The third kappa shape index (κ3) is 3.84. The Bertz CT molecular complexity index is 628. The standard InChI is InChI=1S/C17H29N3O4S/c1-2-3-10-19(14-7-11-25(23,24)12-14)13-20-15(21)17(18-16(20)22)8-5-4-6-9-17/h14H,2-13H2,1H3,(H,18,22)/t14-/m1/s1. The summed E-state index contributed by atoms with van der Waals surface area (Å²) < 4.78 is 23.7. The van der Waals surface area contributed by atoms with E-state index in [1.165, 1.54) is 4.90 Å². The van der Waals surface area contributed by atoms with Crippen molar-refractivity contribution < 1.29 is 18.0 Å². The molecule has 0 aromatic carbocycles. The van der Waals surface area contributed by atoms with Gasteiger partial charge in [0, 0.05) is 12.6 Å². The van der Waals surface area contributed by atoms with Gasteiger partial charge in [-0.15, -0.1) is 0 Å².